The number of pyridine rings is 1. The molecule has 0 fully saturated rings. The number of nitrogens with zero attached hydrogens (tertiary/aromatic N) is 2. The summed E-state index contributed by atoms with van der Waals surface area (Å²) in [5.74, 6) is -2.00. The molecule has 0 saturated heterocycles. The molecule has 0 saturated carbocycles. The Labute approximate surface area is 131 Å². The number of anilines is 1. The van der Waals surface area contributed by atoms with Gasteiger partial charge in [0.1, 0.15) is 11.0 Å². The second-order valence-corrected chi connectivity index (χ2v) is 5.05. The summed E-state index contributed by atoms with van der Waals surface area (Å²) in [6.07, 6.45) is 0. The minimum atomic E-state index is -0.877. The van der Waals surface area contributed by atoms with Crippen LogP contribution in [0.3, 0.4) is 0 Å². The van der Waals surface area contributed by atoms with Crippen LogP contribution in [-0.4, -0.2) is 15.8 Å². The third kappa shape index (κ3) is 3.34. The van der Waals surface area contributed by atoms with Gasteiger partial charge < -0.3 is 5.32 Å². The highest BCUT2D eigenvalue weighted by Gasteiger charge is 2.21. The Morgan fingerprint density at radius 1 is 1.38 bits per heavy atom. The minimum Gasteiger partial charge on any atom is -0.301 e. The summed E-state index contributed by atoms with van der Waals surface area (Å²) in [5.41, 5.74) is -0.728. The van der Waals surface area contributed by atoms with Crippen molar-refractivity contribution in [3.8, 4) is 0 Å². The third-order valence-corrected chi connectivity index (χ3v) is 3.33. The van der Waals surface area contributed by atoms with Crippen LogP contribution in [0.2, 0.25) is 5.15 Å². The van der Waals surface area contributed by atoms with Gasteiger partial charge >= 0.3 is 5.69 Å². The zero-order chi connectivity index (χ0) is 15.6. The standard InChI is InChI=1S/C12H6BrClFN3O3/c13-6-2-1-3-7(15)10(6)12(19)17-11-8(18(20)21)4-5-9(14)16-11/h1-5H,(H,16,17,19). The maximum Gasteiger partial charge on any atom is 0.311 e. The van der Waals surface area contributed by atoms with Crippen LogP contribution < -0.4 is 5.32 Å². The van der Waals surface area contributed by atoms with Crippen LogP contribution >= 0.6 is 27.5 Å². The van der Waals surface area contributed by atoms with Crippen molar-refractivity contribution < 1.29 is 14.1 Å². The summed E-state index contributed by atoms with van der Waals surface area (Å²) in [5, 5.41) is 13.0. The largest absolute Gasteiger partial charge is 0.311 e. The molecule has 108 valence electrons. The van der Waals surface area contributed by atoms with Crippen molar-refractivity contribution >= 4 is 44.9 Å². The lowest BCUT2D eigenvalue weighted by Gasteiger charge is -2.07. The number of hydrogen-bond donors (Lipinski definition) is 1. The molecule has 1 amide bonds. The highest BCUT2D eigenvalue weighted by Crippen LogP contribution is 2.26. The van der Waals surface area contributed by atoms with Crippen molar-refractivity contribution in [3.63, 3.8) is 0 Å². The van der Waals surface area contributed by atoms with E-state index in [9.17, 15) is 19.3 Å². The van der Waals surface area contributed by atoms with E-state index in [1.807, 2.05) is 0 Å². The highest BCUT2D eigenvalue weighted by atomic mass is 79.9. The van der Waals surface area contributed by atoms with Gasteiger partial charge in [-0.25, -0.2) is 9.37 Å². The third-order valence-electron chi connectivity index (χ3n) is 2.46. The number of rotatable bonds is 3. The molecule has 2 aromatic rings. The van der Waals surface area contributed by atoms with Crippen LogP contribution in [0.1, 0.15) is 10.4 Å². The first-order chi connectivity index (χ1) is 9.90. The fourth-order valence-corrected chi connectivity index (χ4v) is 2.22. The lowest BCUT2D eigenvalue weighted by atomic mass is 10.2. The molecule has 6 nitrogen and oxygen atoms in total. The first-order valence-corrected chi connectivity index (χ1v) is 6.63. The average molecular weight is 375 g/mol. The fraction of sp³-hybridized carbons (Fsp3) is 0. The molecule has 0 aliphatic heterocycles. The molecule has 1 heterocycles. The predicted octanol–water partition coefficient (Wildman–Crippen LogP) is 3.80. The van der Waals surface area contributed by atoms with Crippen LogP contribution in [0, 0.1) is 15.9 Å². The Kier molecular flexibility index (Phi) is 4.49. The summed E-state index contributed by atoms with van der Waals surface area (Å²) < 4.78 is 13.9. The molecular weight excluding hydrogens is 369 g/mol. The van der Waals surface area contributed by atoms with Crippen molar-refractivity contribution in [3.05, 3.63) is 61.5 Å². The lowest BCUT2D eigenvalue weighted by molar-refractivity contribution is -0.384. The summed E-state index contributed by atoms with van der Waals surface area (Å²) in [6.45, 7) is 0. The topological polar surface area (TPSA) is 85.1 Å². The van der Waals surface area contributed by atoms with Gasteiger partial charge in [-0.2, -0.15) is 0 Å². The number of aromatic nitrogens is 1. The van der Waals surface area contributed by atoms with Crippen LogP contribution in [0.15, 0.2) is 34.8 Å². The van der Waals surface area contributed by atoms with E-state index in [0.717, 1.165) is 12.1 Å². The summed E-state index contributed by atoms with van der Waals surface area (Å²) in [6, 6.07) is 6.29. The van der Waals surface area contributed by atoms with Crippen molar-refractivity contribution in [2.45, 2.75) is 0 Å². The molecule has 0 aliphatic carbocycles. The number of hydrogen-bond acceptors (Lipinski definition) is 4. The number of nitro groups is 1. The molecule has 9 heteroatoms. The van der Waals surface area contributed by atoms with E-state index in [-0.39, 0.29) is 21.0 Å². The highest BCUT2D eigenvalue weighted by molar-refractivity contribution is 9.10. The van der Waals surface area contributed by atoms with Gasteiger partial charge in [-0.1, -0.05) is 17.7 Å². The van der Waals surface area contributed by atoms with Crippen molar-refractivity contribution in [2.75, 3.05) is 5.32 Å². The normalized spacial score (nSPS) is 10.2. The molecule has 1 aromatic heterocycles. The molecule has 1 N–H and O–H groups in total. The summed E-state index contributed by atoms with van der Waals surface area (Å²) in [4.78, 5) is 25.9. The van der Waals surface area contributed by atoms with E-state index in [4.69, 9.17) is 11.6 Å². The van der Waals surface area contributed by atoms with Gasteiger partial charge in [-0.05, 0) is 34.1 Å². The smallest absolute Gasteiger partial charge is 0.301 e. The Balaban J connectivity index is 2.40. The molecule has 0 atom stereocenters. The van der Waals surface area contributed by atoms with Gasteiger partial charge in [0.25, 0.3) is 5.91 Å². The van der Waals surface area contributed by atoms with E-state index in [1.54, 1.807) is 0 Å². The second-order valence-electron chi connectivity index (χ2n) is 3.81. The summed E-state index contributed by atoms with van der Waals surface area (Å²) in [7, 11) is 0. The Morgan fingerprint density at radius 2 is 2.10 bits per heavy atom. The number of amides is 1. The SMILES string of the molecule is O=C(Nc1nc(Cl)ccc1[N+](=O)[O-])c1c(F)cccc1Br. The number of carbonyl (C=O) groups excluding carboxylic acids is 1. The van der Waals surface area contributed by atoms with Crippen molar-refractivity contribution in [1.82, 2.24) is 4.98 Å². The Bertz CT molecular complexity index is 721. The molecule has 0 radical (unpaired) electrons. The fourth-order valence-electron chi connectivity index (χ4n) is 1.55. The predicted molar refractivity (Wildman–Crippen MR) is 78.0 cm³/mol. The van der Waals surface area contributed by atoms with E-state index < -0.39 is 22.3 Å². The van der Waals surface area contributed by atoms with Crippen LogP contribution in [0.5, 0.6) is 0 Å². The molecule has 2 rings (SSSR count). The lowest BCUT2D eigenvalue weighted by Crippen LogP contribution is -2.16. The zero-order valence-corrected chi connectivity index (χ0v) is 12.5. The summed E-state index contributed by atoms with van der Waals surface area (Å²) >= 11 is 8.69. The van der Waals surface area contributed by atoms with Gasteiger partial charge in [0.05, 0.1) is 10.5 Å². The molecule has 0 unspecified atom stereocenters. The van der Waals surface area contributed by atoms with E-state index in [2.05, 4.69) is 26.2 Å². The minimum absolute atomic E-state index is 0.0384. The Morgan fingerprint density at radius 3 is 2.71 bits per heavy atom. The average Bonchev–Trinajstić information content (AvgIpc) is 2.38. The first-order valence-electron chi connectivity index (χ1n) is 5.46. The van der Waals surface area contributed by atoms with Gasteiger partial charge in [0, 0.05) is 10.5 Å². The van der Waals surface area contributed by atoms with Gasteiger partial charge in [-0.3, -0.25) is 14.9 Å². The van der Waals surface area contributed by atoms with Gasteiger partial charge in [0.15, 0.2) is 0 Å². The number of halogens is 3. The first kappa shape index (κ1) is 15.3. The Hall–Kier alpha value is -2.06. The molecule has 21 heavy (non-hydrogen) atoms. The second kappa shape index (κ2) is 6.15. The number of nitrogens with one attached hydrogen (secondary N) is 1. The van der Waals surface area contributed by atoms with E-state index in [1.165, 1.54) is 18.2 Å². The van der Waals surface area contributed by atoms with Crippen molar-refractivity contribution in [1.29, 1.82) is 0 Å². The maximum absolute atomic E-state index is 13.7. The number of benzene rings is 1. The molecule has 1 aromatic carbocycles. The maximum atomic E-state index is 13.7. The quantitative estimate of drug-likeness (QED) is 0.503. The molecule has 0 aliphatic rings. The monoisotopic (exact) mass is 373 g/mol. The zero-order valence-electron chi connectivity index (χ0n) is 10.1. The number of carbonyl (C=O) groups is 1. The molecule has 0 bridgehead atoms. The molecule has 0 spiro atoms. The molecular formula is C12H6BrClFN3O3. The van der Waals surface area contributed by atoms with E-state index >= 15 is 0 Å². The van der Waals surface area contributed by atoms with Crippen molar-refractivity contribution in [2.24, 2.45) is 0 Å². The van der Waals surface area contributed by atoms with Crippen LogP contribution in [0.4, 0.5) is 15.9 Å². The van der Waals surface area contributed by atoms with Gasteiger partial charge in [0.2, 0.25) is 5.82 Å². The van der Waals surface area contributed by atoms with E-state index in [0.29, 0.717) is 0 Å². The van der Waals surface area contributed by atoms with Crippen LogP contribution in [-0.2, 0) is 0 Å². The van der Waals surface area contributed by atoms with Crippen LogP contribution in [0.25, 0.3) is 0 Å². The van der Waals surface area contributed by atoms with Gasteiger partial charge in [-0.15, -0.1) is 0 Å².